The van der Waals surface area contributed by atoms with E-state index in [0.29, 0.717) is 0 Å². The highest BCUT2D eigenvalue weighted by molar-refractivity contribution is 4.81. The van der Waals surface area contributed by atoms with E-state index in [-0.39, 0.29) is 5.54 Å². The average molecular weight is 184 g/mol. The van der Waals surface area contributed by atoms with Crippen molar-refractivity contribution in [1.82, 2.24) is 4.90 Å². The molecular formula is C11H24N2. The molecule has 0 aromatic heterocycles. The van der Waals surface area contributed by atoms with Crippen molar-refractivity contribution in [2.45, 2.75) is 58.0 Å². The van der Waals surface area contributed by atoms with Crippen LogP contribution in [0.1, 0.15) is 46.5 Å². The molecule has 2 N–H and O–H groups in total. The molecule has 0 aromatic rings. The minimum atomic E-state index is -0.0431. The molecule has 0 aliphatic carbocycles. The lowest BCUT2D eigenvalue weighted by Crippen LogP contribution is -2.48. The molecule has 1 saturated heterocycles. The van der Waals surface area contributed by atoms with Crippen molar-refractivity contribution >= 4 is 0 Å². The lowest BCUT2D eigenvalue weighted by atomic mass is 10.0. The van der Waals surface area contributed by atoms with Gasteiger partial charge in [-0.15, -0.1) is 0 Å². The van der Waals surface area contributed by atoms with E-state index in [0.717, 1.165) is 12.6 Å². The summed E-state index contributed by atoms with van der Waals surface area (Å²) in [6, 6.07) is 0.727. The van der Waals surface area contributed by atoms with E-state index in [2.05, 4.69) is 25.7 Å². The Hall–Kier alpha value is -0.0800. The summed E-state index contributed by atoms with van der Waals surface area (Å²) in [4.78, 5) is 2.55. The molecule has 1 heterocycles. The molecule has 0 radical (unpaired) electrons. The summed E-state index contributed by atoms with van der Waals surface area (Å²) in [5, 5.41) is 0. The molecule has 1 aliphatic rings. The number of hydrogen-bond donors (Lipinski definition) is 1. The van der Waals surface area contributed by atoms with Crippen LogP contribution in [-0.4, -0.2) is 29.6 Å². The molecule has 78 valence electrons. The molecule has 0 aromatic carbocycles. The van der Waals surface area contributed by atoms with Gasteiger partial charge in [-0.05, 0) is 40.2 Å². The van der Waals surface area contributed by atoms with E-state index in [4.69, 9.17) is 5.73 Å². The molecule has 1 aliphatic heterocycles. The maximum absolute atomic E-state index is 6.04. The van der Waals surface area contributed by atoms with Crippen LogP contribution in [0.3, 0.4) is 0 Å². The second kappa shape index (κ2) is 4.43. The molecular weight excluding hydrogens is 160 g/mol. The Morgan fingerprint density at radius 3 is 2.62 bits per heavy atom. The first-order chi connectivity index (χ1) is 5.99. The van der Waals surface area contributed by atoms with Gasteiger partial charge in [-0.2, -0.15) is 0 Å². The summed E-state index contributed by atoms with van der Waals surface area (Å²) in [6.45, 7) is 8.84. The molecule has 1 fully saturated rings. The van der Waals surface area contributed by atoms with Crippen LogP contribution in [0.4, 0.5) is 0 Å². The van der Waals surface area contributed by atoms with Crippen LogP contribution in [0.2, 0.25) is 0 Å². The molecule has 0 bridgehead atoms. The zero-order chi connectivity index (χ0) is 9.90. The van der Waals surface area contributed by atoms with E-state index >= 15 is 0 Å². The number of likely N-dealkylation sites (tertiary alicyclic amines) is 1. The maximum atomic E-state index is 6.04. The number of nitrogens with two attached hydrogens (primary N) is 1. The molecule has 0 amide bonds. The average Bonchev–Trinajstić information content (AvgIpc) is 2.14. The van der Waals surface area contributed by atoms with Crippen molar-refractivity contribution in [3.8, 4) is 0 Å². The molecule has 1 atom stereocenters. The summed E-state index contributed by atoms with van der Waals surface area (Å²) in [5.74, 6) is 0. The van der Waals surface area contributed by atoms with Gasteiger partial charge in [0.25, 0.3) is 0 Å². The highest BCUT2D eigenvalue weighted by Crippen LogP contribution is 2.17. The van der Waals surface area contributed by atoms with Crippen LogP contribution >= 0.6 is 0 Å². The standard InChI is InChI=1S/C11H24N2/c1-10-7-5-4-6-8-13(10)9-11(2,3)12/h10H,4-9,12H2,1-3H3. The largest absolute Gasteiger partial charge is 0.324 e. The highest BCUT2D eigenvalue weighted by Gasteiger charge is 2.22. The van der Waals surface area contributed by atoms with Crippen molar-refractivity contribution in [2.24, 2.45) is 5.73 Å². The third kappa shape index (κ3) is 4.10. The summed E-state index contributed by atoms with van der Waals surface area (Å²) < 4.78 is 0. The Morgan fingerprint density at radius 2 is 2.00 bits per heavy atom. The fourth-order valence-electron chi connectivity index (χ4n) is 2.09. The van der Waals surface area contributed by atoms with Crippen LogP contribution in [0.5, 0.6) is 0 Å². The molecule has 1 unspecified atom stereocenters. The zero-order valence-corrected chi connectivity index (χ0v) is 9.34. The predicted molar refractivity (Wildman–Crippen MR) is 57.8 cm³/mol. The summed E-state index contributed by atoms with van der Waals surface area (Å²) in [7, 11) is 0. The lowest BCUT2D eigenvalue weighted by Gasteiger charge is -2.33. The smallest absolute Gasteiger partial charge is 0.0226 e. The Balaban J connectivity index is 2.45. The first-order valence-electron chi connectivity index (χ1n) is 5.52. The van der Waals surface area contributed by atoms with Crippen molar-refractivity contribution < 1.29 is 0 Å². The predicted octanol–water partition coefficient (Wildman–Crippen LogP) is 1.99. The van der Waals surface area contributed by atoms with Crippen LogP contribution in [0.25, 0.3) is 0 Å². The van der Waals surface area contributed by atoms with E-state index in [1.165, 1.54) is 32.2 Å². The van der Waals surface area contributed by atoms with E-state index in [9.17, 15) is 0 Å². The van der Waals surface area contributed by atoms with Gasteiger partial charge in [0.15, 0.2) is 0 Å². The van der Waals surface area contributed by atoms with Crippen molar-refractivity contribution in [1.29, 1.82) is 0 Å². The second-order valence-electron chi connectivity index (χ2n) is 5.16. The van der Waals surface area contributed by atoms with Gasteiger partial charge in [0, 0.05) is 18.1 Å². The van der Waals surface area contributed by atoms with Gasteiger partial charge < -0.3 is 5.73 Å². The SMILES string of the molecule is CC1CCCCCN1CC(C)(C)N. The minimum Gasteiger partial charge on any atom is -0.324 e. The number of hydrogen-bond acceptors (Lipinski definition) is 2. The summed E-state index contributed by atoms with van der Waals surface area (Å²) in [5.41, 5.74) is 5.99. The van der Waals surface area contributed by atoms with Crippen LogP contribution < -0.4 is 5.73 Å². The Morgan fingerprint density at radius 1 is 1.31 bits per heavy atom. The highest BCUT2D eigenvalue weighted by atomic mass is 15.2. The van der Waals surface area contributed by atoms with Gasteiger partial charge in [-0.3, -0.25) is 4.90 Å². The van der Waals surface area contributed by atoms with E-state index < -0.39 is 0 Å². The van der Waals surface area contributed by atoms with Crippen LogP contribution in [-0.2, 0) is 0 Å². The fourth-order valence-corrected chi connectivity index (χ4v) is 2.09. The third-order valence-electron chi connectivity index (χ3n) is 2.80. The second-order valence-corrected chi connectivity index (χ2v) is 5.16. The van der Waals surface area contributed by atoms with Gasteiger partial charge in [0.1, 0.15) is 0 Å². The fraction of sp³-hybridized carbons (Fsp3) is 1.00. The molecule has 2 nitrogen and oxygen atoms in total. The minimum absolute atomic E-state index is 0.0431. The lowest BCUT2D eigenvalue weighted by molar-refractivity contribution is 0.177. The number of nitrogens with zero attached hydrogens (tertiary/aromatic N) is 1. The van der Waals surface area contributed by atoms with Crippen LogP contribution in [0, 0.1) is 0 Å². The Kier molecular flexibility index (Phi) is 3.74. The third-order valence-corrected chi connectivity index (χ3v) is 2.80. The number of rotatable bonds is 2. The Labute approximate surface area is 82.5 Å². The molecule has 2 heteroatoms. The van der Waals surface area contributed by atoms with Gasteiger partial charge in [-0.1, -0.05) is 12.8 Å². The molecule has 13 heavy (non-hydrogen) atoms. The normalized spacial score (nSPS) is 27.2. The van der Waals surface area contributed by atoms with Gasteiger partial charge in [0.05, 0.1) is 0 Å². The van der Waals surface area contributed by atoms with Crippen molar-refractivity contribution in [3.05, 3.63) is 0 Å². The molecule has 0 saturated carbocycles. The van der Waals surface area contributed by atoms with Gasteiger partial charge in [0.2, 0.25) is 0 Å². The van der Waals surface area contributed by atoms with Crippen molar-refractivity contribution in [3.63, 3.8) is 0 Å². The first kappa shape index (κ1) is 11.0. The van der Waals surface area contributed by atoms with E-state index in [1.807, 2.05) is 0 Å². The topological polar surface area (TPSA) is 29.3 Å². The quantitative estimate of drug-likeness (QED) is 0.711. The molecule has 0 spiro atoms. The monoisotopic (exact) mass is 184 g/mol. The van der Waals surface area contributed by atoms with E-state index in [1.54, 1.807) is 0 Å². The summed E-state index contributed by atoms with van der Waals surface area (Å²) in [6.07, 6.45) is 5.48. The first-order valence-corrected chi connectivity index (χ1v) is 5.52. The summed E-state index contributed by atoms with van der Waals surface area (Å²) >= 11 is 0. The molecule has 1 rings (SSSR count). The van der Waals surface area contributed by atoms with Crippen LogP contribution in [0.15, 0.2) is 0 Å². The maximum Gasteiger partial charge on any atom is 0.0226 e. The Bertz CT molecular complexity index is 149. The van der Waals surface area contributed by atoms with Gasteiger partial charge in [-0.25, -0.2) is 0 Å². The van der Waals surface area contributed by atoms with Gasteiger partial charge >= 0.3 is 0 Å². The zero-order valence-electron chi connectivity index (χ0n) is 9.34. The van der Waals surface area contributed by atoms with Crippen molar-refractivity contribution in [2.75, 3.05) is 13.1 Å².